The number of carboxylic acids is 1. The van der Waals surface area contributed by atoms with Gasteiger partial charge in [-0.1, -0.05) is 0 Å². The number of hydrogen-bond donors (Lipinski definition) is 2. The van der Waals surface area contributed by atoms with Gasteiger partial charge in [0.25, 0.3) is 0 Å². The maximum atomic E-state index is 10.6. The molecule has 0 aromatic carbocycles. The van der Waals surface area contributed by atoms with Gasteiger partial charge in [-0.05, 0) is 0 Å². The van der Waals surface area contributed by atoms with Crippen molar-refractivity contribution in [2.24, 2.45) is 0 Å². The van der Waals surface area contributed by atoms with Crippen LogP contribution in [0.15, 0.2) is 11.6 Å². The summed E-state index contributed by atoms with van der Waals surface area (Å²) in [7, 11) is 0. The van der Waals surface area contributed by atoms with Gasteiger partial charge in [0.1, 0.15) is 16.4 Å². The minimum atomic E-state index is -0.786. The third-order valence-electron chi connectivity index (χ3n) is 1.76. The molecule has 4 nitrogen and oxygen atoms in total. The molecule has 1 unspecified atom stereocenters. The van der Waals surface area contributed by atoms with Crippen LogP contribution >= 0.6 is 23.1 Å². The Labute approximate surface area is 83.4 Å². The van der Waals surface area contributed by atoms with Crippen LogP contribution in [0.5, 0.6) is 0 Å². The van der Waals surface area contributed by atoms with Crippen molar-refractivity contribution in [3.8, 4) is 0 Å². The first kappa shape index (κ1) is 8.98. The van der Waals surface area contributed by atoms with Crippen molar-refractivity contribution in [3.05, 3.63) is 16.6 Å². The van der Waals surface area contributed by atoms with Crippen molar-refractivity contribution in [1.82, 2.24) is 10.3 Å². The summed E-state index contributed by atoms with van der Waals surface area (Å²) in [4.78, 5) is 14.8. The molecule has 1 aliphatic heterocycles. The average Bonchev–Trinajstić information content (AvgIpc) is 2.75. The Morgan fingerprint density at radius 2 is 2.62 bits per heavy atom. The molecule has 1 aromatic rings. The maximum absolute atomic E-state index is 10.6. The van der Waals surface area contributed by atoms with E-state index in [1.54, 1.807) is 29.3 Å². The second kappa shape index (κ2) is 3.65. The highest BCUT2D eigenvalue weighted by molar-refractivity contribution is 7.99. The smallest absolute Gasteiger partial charge is 0.321 e. The van der Waals surface area contributed by atoms with Gasteiger partial charge in [-0.3, -0.25) is 10.1 Å². The molecule has 1 saturated heterocycles. The molecule has 1 aromatic heterocycles. The number of thiazole rings is 1. The van der Waals surface area contributed by atoms with Gasteiger partial charge in [-0.15, -0.1) is 23.1 Å². The number of carboxylic acid groups (broad SMARTS) is 1. The first-order valence-corrected chi connectivity index (χ1v) is 5.70. The lowest BCUT2D eigenvalue weighted by atomic mass is 10.3. The monoisotopic (exact) mass is 216 g/mol. The fourth-order valence-corrected chi connectivity index (χ4v) is 3.15. The zero-order valence-electron chi connectivity index (χ0n) is 6.64. The number of nitrogens with zero attached hydrogens (tertiary/aromatic N) is 1. The van der Waals surface area contributed by atoms with E-state index in [2.05, 4.69) is 10.3 Å². The van der Waals surface area contributed by atoms with Crippen molar-refractivity contribution in [1.29, 1.82) is 0 Å². The molecule has 6 heteroatoms. The summed E-state index contributed by atoms with van der Waals surface area (Å²) >= 11 is 3.14. The molecule has 1 fully saturated rings. The van der Waals surface area contributed by atoms with Gasteiger partial charge >= 0.3 is 5.97 Å². The predicted molar refractivity (Wildman–Crippen MR) is 51.9 cm³/mol. The van der Waals surface area contributed by atoms with Crippen LogP contribution in [0.4, 0.5) is 0 Å². The molecule has 0 saturated carbocycles. The van der Waals surface area contributed by atoms with Crippen molar-refractivity contribution >= 4 is 29.1 Å². The summed E-state index contributed by atoms with van der Waals surface area (Å²) in [6, 6.07) is -0.432. The normalized spacial score (nSPS) is 27.7. The standard InChI is InChI=1S/C7H8N2O2S2/c10-7(11)4-3-13-6(9-4)5-8-1-2-12-5/h1-2,4,6,9H,3H2,(H,10,11)/t4-,6?/m0/s1. The second-order valence-electron chi connectivity index (χ2n) is 2.64. The number of hydrogen-bond acceptors (Lipinski definition) is 5. The molecule has 70 valence electrons. The molecular weight excluding hydrogens is 208 g/mol. The van der Waals surface area contributed by atoms with E-state index in [-0.39, 0.29) is 5.37 Å². The number of aliphatic carboxylic acids is 1. The fourth-order valence-electron chi connectivity index (χ4n) is 1.12. The lowest BCUT2D eigenvalue weighted by Crippen LogP contribution is -2.33. The summed E-state index contributed by atoms with van der Waals surface area (Å²) in [6.07, 6.45) is 1.73. The van der Waals surface area contributed by atoms with Crippen LogP contribution in [-0.2, 0) is 4.79 Å². The van der Waals surface area contributed by atoms with Crippen LogP contribution < -0.4 is 5.32 Å². The number of rotatable bonds is 2. The molecule has 0 amide bonds. The van der Waals surface area contributed by atoms with Gasteiger partial charge in [-0.2, -0.15) is 0 Å². The Hall–Kier alpha value is -0.590. The summed E-state index contributed by atoms with van der Waals surface area (Å²) in [5.74, 6) is -0.175. The van der Waals surface area contributed by atoms with Crippen LogP contribution in [0.2, 0.25) is 0 Å². The Bertz CT molecular complexity index is 301. The molecule has 2 N–H and O–H groups in total. The van der Waals surface area contributed by atoms with E-state index in [4.69, 9.17) is 5.11 Å². The molecule has 13 heavy (non-hydrogen) atoms. The highest BCUT2D eigenvalue weighted by atomic mass is 32.2. The zero-order valence-corrected chi connectivity index (χ0v) is 8.27. The van der Waals surface area contributed by atoms with Gasteiger partial charge in [-0.25, -0.2) is 4.98 Å². The maximum Gasteiger partial charge on any atom is 0.321 e. The first-order chi connectivity index (χ1) is 6.27. The Morgan fingerprint density at radius 1 is 1.77 bits per heavy atom. The van der Waals surface area contributed by atoms with Gasteiger partial charge in [0.05, 0.1) is 0 Å². The molecule has 2 rings (SSSR count). The van der Waals surface area contributed by atoms with E-state index in [0.717, 1.165) is 5.01 Å². The quantitative estimate of drug-likeness (QED) is 0.770. The van der Waals surface area contributed by atoms with Gasteiger partial charge in [0, 0.05) is 17.3 Å². The minimum Gasteiger partial charge on any atom is -0.480 e. The lowest BCUT2D eigenvalue weighted by molar-refractivity contribution is -0.138. The summed E-state index contributed by atoms with van der Waals surface area (Å²) in [5.41, 5.74) is 0. The summed E-state index contributed by atoms with van der Waals surface area (Å²) < 4.78 is 0. The Morgan fingerprint density at radius 3 is 3.15 bits per heavy atom. The molecule has 2 heterocycles. The number of aromatic nitrogens is 1. The molecule has 2 atom stereocenters. The molecule has 0 bridgehead atoms. The second-order valence-corrected chi connectivity index (χ2v) is 4.71. The average molecular weight is 216 g/mol. The lowest BCUT2D eigenvalue weighted by Gasteiger charge is -2.06. The highest BCUT2D eigenvalue weighted by Gasteiger charge is 2.31. The molecule has 1 aliphatic rings. The van der Waals surface area contributed by atoms with Crippen molar-refractivity contribution in [2.45, 2.75) is 11.4 Å². The van der Waals surface area contributed by atoms with Gasteiger partial charge in [0.15, 0.2) is 0 Å². The summed E-state index contributed by atoms with van der Waals surface area (Å²) in [6.45, 7) is 0. The molecule has 0 aliphatic carbocycles. The highest BCUT2D eigenvalue weighted by Crippen LogP contribution is 2.33. The zero-order chi connectivity index (χ0) is 9.26. The van der Waals surface area contributed by atoms with E-state index >= 15 is 0 Å². The van der Waals surface area contributed by atoms with Crippen LogP contribution in [-0.4, -0.2) is 27.9 Å². The van der Waals surface area contributed by atoms with E-state index in [1.807, 2.05) is 5.38 Å². The summed E-state index contributed by atoms with van der Waals surface area (Å²) in [5, 5.41) is 14.6. The van der Waals surface area contributed by atoms with Gasteiger partial charge < -0.3 is 5.11 Å². The Balaban J connectivity index is 2.03. The van der Waals surface area contributed by atoms with Crippen molar-refractivity contribution in [2.75, 3.05) is 5.75 Å². The topological polar surface area (TPSA) is 62.2 Å². The van der Waals surface area contributed by atoms with E-state index < -0.39 is 12.0 Å². The number of thioether (sulfide) groups is 1. The van der Waals surface area contributed by atoms with Crippen LogP contribution in [0, 0.1) is 0 Å². The first-order valence-electron chi connectivity index (χ1n) is 3.77. The van der Waals surface area contributed by atoms with Crippen LogP contribution in [0.3, 0.4) is 0 Å². The fraction of sp³-hybridized carbons (Fsp3) is 0.429. The molecule has 0 spiro atoms. The molecule has 0 radical (unpaired) electrons. The van der Waals surface area contributed by atoms with Crippen molar-refractivity contribution in [3.63, 3.8) is 0 Å². The van der Waals surface area contributed by atoms with Crippen molar-refractivity contribution < 1.29 is 9.90 Å². The third-order valence-corrected chi connectivity index (χ3v) is 3.96. The third kappa shape index (κ3) is 1.84. The van der Waals surface area contributed by atoms with Crippen LogP contribution in [0.25, 0.3) is 0 Å². The largest absolute Gasteiger partial charge is 0.480 e. The van der Waals surface area contributed by atoms with E-state index in [1.165, 1.54) is 0 Å². The minimum absolute atomic E-state index is 0.0566. The number of nitrogens with one attached hydrogen (secondary N) is 1. The molecular formula is C7H8N2O2S2. The Kier molecular flexibility index (Phi) is 2.52. The SMILES string of the molecule is O=C(O)[C@@H]1CSC(c2nccs2)N1. The predicted octanol–water partition coefficient (Wildman–Crippen LogP) is 0.931. The van der Waals surface area contributed by atoms with E-state index in [0.29, 0.717) is 5.75 Å². The van der Waals surface area contributed by atoms with E-state index in [9.17, 15) is 4.79 Å². The van der Waals surface area contributed by atoms with Gasteiger partial charge in [0.2, 0.25) is 0 Å². The number of carbonyl (C=O) groups is 1. The van der Waals surface area contributed by atoms with Crippen LogP contribution in [0.1, 0.15) is 10.4 Å².